The highest BCUT2D eigenvalue weighted by atomic mass is 19.1. The van der Waals surface area contributed by atoms with E-state index in [-0.39, 0.29) is 17.9 Å². The Kier molecular flexibility index (Phi) is 6.04. The zero-order chi connectivity index (χ0) is 23.5. The molecule has 0 aliphatic carbocycles. The third kappa shape index (κ3) is 4.13. The van der Waals surface area contributed by atoms with Crippen LogP contribution in [0.25, 0.3) is 5.76 Å². The number of ketones is 1. The zero-order valence-electron chi connectivity index (χ0n) is 17.7. The second-order valence-corrected chi connectivity index (χ2v) is 7.35. The Hall–Kier alpha value is -4.26. The number of amides is 1. The molecule has 0 radical (unpaired) electrons. The number of aliphatic hydroxyl groups is 1. The van der Waals surface area contributed by atoms with Gasteiger partial charge in [0, 0.05) is 11.3 Å². The van der Waals surface area contributed by atoms with Gasteiger partial charge in [0.05, 0.1) is 23.8 Å². The van der Waals surface area contributed by atoms with Gasteiger partial charge in [-0.2, -0.15) is 0 Å². The number of carbonyl (C=O) groups excluding carboxylic acids is 3. The number of halogens is 1. The van der Waals surface area contributed by atoms with E-state index in [2.05, 4.69) is 0 Å². The number of rotatable bonds is 5. The molecule has 1 N–H and O–H groups in total. The first-order chi connectivity index (χ1) is 15.9. The summed E-state index contributed by atoms with van der Waals surface area (Å²) in [4.78, 5) is 39.4. The van der Waals surface area contributed by atoms with Gasteiger partial charge in [-0.3, -0.25) is 14.5 Å². The van der Waals surface area contributed by atoms with Crippen molar-refractivity contribution in [1.29, 1.82) is 0 Å². The maximum Gasteiger partial charge on any atom is 0.338 e. The van der Waals surface area contributed by atoms with Crippen LogP contribution in [-0.4, -0.2) is 29.4 Å². The molecule has 1 saturated heterocycles. The second kappa shape index (κ2) is 9.08. The normalized spacial score (nSPS) is 17.3. The molecule has 0 aromatic heterocycles. The maximum atomic E-state index is 13.6. The first-order valence-corrected chi connectivity index (χ1v) is 10.3. The lowest BCUT2D eigenvalue weighted by molar-refractivity contribution is -0.132. The molecule has 166 valence electrons. The SMILES string of the molecule is CCOC(=O)c1ccc(N2C(=O)C(=O)C(=C(O)c3ccccc3)[C@H]2c2ccc(F)cc2)cc1. The Balaban J connectivity index is 1.85. The van der Waals surface area contributed by atoms with Crippen LogP contribution in [0.1, 0.15) is 34.5 Å². The molecule has 1 fully saturated rings. The summed E-state index contributed by atoms with van der Waals surface area (Å²) in [6.07, 6.45) is 0. The second-order valence-electron chi connectivity index (χ2n) is 7.35. The van der Waals surface area contributed by atoms with Crippen LogP contribution < -0.4 is 4.90 Å². The summed E-state index contributed by atoms with van der Waals surface area (Å²) in [5.74, 6) is -3.01. The summed E-state index contributed by atoms with van der Waals surface area (Å²) in [5, 5.41) is 11.0. The molecule has 3 aromatic carbocycles. The van der Waals surface area contributed by atoms with Gasteiger partial charge in [-0.1, -0.05) is 42.5 Å². The molecule has 1 aliphatic rings. The van der Waals surface area contributed by atoms with Crippen LogP contribution in [-0.2, 0) is 14.3 Å². The monoisotopic (exact) mass is 445 g/mol. The van der Waals surface area contributed by atoms with E-state index in [0.29, 0.717) is 22.4 Å². The van der Waals surface area contributed by atoms with Gasteiger partial charge in [-0.05, 0) is 48.9 Å². The van der Waals surface area contributed by atoms with Gasteiger partial charge in [-0.15, -0.1) is 0 Å². The summed E-state index contributed by atoms with van der Waals surface area (Å²) in [7, 11) is 0. The third-order valence-corrected chi connectivity index (χ3v) is 5.33. The molecule has 0 saturated carbocycles. The Morgan fingerprint density at radius 2 is 1.58 bits per heavy atom. The number of benzene rings is 3. The fourth-order valence-electron chi connectivity index (χ4n) is 3.78. The molecule has 1 heterocycles. The fourth-order valence-corrected chi connectivity index (χ4v) is 3.78. The third-order valence-electron chi connectivity index (χ3n) is 5.33. The van der Waals surface area contributed by atoms with E-state index in [1.54, 1.807) is 37.3 Å². The van der Waals surface area contributed by atoms with Crippen LogP contribution in [0.3, 0.4) is 0 Å². The van der Waals surface area contributed by atoms with Gasteiger partial charge in [0.2, 0.25) is 0 Å². The molecule has 0 unspecified atom stereocenters. The van der Waals surface area contributed by atoms with Crippen molar-refractivity contribution in [3.8, 4) is 0 Å². The molecule has 1 aliphatic heterocycles. The molecule has 0 spiro atoms. The van der Waals surface area contributed by atoms with E-state index in [1.807, 2.05) is 0 Å². The first-order valence-electron chi connectivity index (χ1n) is 10.3. The number of carbonyl (C=O) groups is 3. The highest BCUT2D eigenvalue weighted by Gasteiger charge is 2.47. The largest absolute Gasteiger partial charge is 0.507 e. The molecule has 33 heavy (non-hydrogen) atoms. The number of aliphatic hydroxyl groups excluding tert-OH is 1. The molecular formula is C26H20FNO5. The minimum absolute atomic E-state index is 0.104. The lowest BCUT2D eigenvalue weighted by atomic mass is 9.95. The summed E-state index contributed by atoms with van der Waals surface area (Å²) >= 11 is 0. The van der Waals surface area contributed by atoms with Gasteiger partial charge in [-0.25, -0.2) is 9.18 Å². The van der Waals surface area contributed by atoms with E-state index in [4.69, 9.17) is 4.74 Å². The average Bonchev–Trinajstić information content (AvgIpc) is 3.10. The van der Waals surface area contributed by atoms with Crippen LogP contribution in [0.4, 0.5) is 10.1 Å². The molecule has 0 bridgehead atoms. The van der Waals surface area contributed by atoms with Crippen LogP contribution in [0.2, 0.25) is 0 Å². The highest BCUT2D eigenvalue weighted by molar-refractivity contribution is 6.51. The maximum absolute atomic E-state index is 13.6. The summed E-state index contributed by atoms with van der Waals surface area (Å²) in [6.45, 7) is 1.92. The van der Waals surface area contributed by atoms with Crippen molar-refractivity contribution >= 4 is 29.1 Å². The topological polar surface area (TPSA) is 83.9 Å². The van der Waals surface area contributed by atoms with Gasteiger partial charge in [0.15, 0.2) is 0 Å². The predicted octanol–water partition coefficient (Wildman–Crippen LogP) is 4.63. The lowest BCUT2D eigenvalue weighted by Gasteiger charge is -2.25. The average molecular weight is 445 g/mol. The van der Waals surface area contributed by atoms with Crippen LogP contribution in [0.5, 0.6) is 0 Å². The number of hydrogen-bond acceptors (Lipinski definition) is 5. The van der Waals surface area contributed by atoms with Gasteiger partial charge < -0.3 is 9.84 Å². The van der Waals surface area contributed by atoms with E-state index in [0.717, 1.165) is 0 Å². The molecule has 4 rings (SSSR count). The number of esters is 1. The van der Waals surface area contributed by atoms with Crippen molar-refractivity contribution < 1.29 is 28.6 Å². The minimum atomic E-state index is -0.987. The van der Waals surface area contributed by atoms with Crippen molar-refractivity contribution in [2.45, 2.75) is 13.0 Å². The molecule has 6 nitrogen and oxygen atoms in total. The Morgan fingerprint density at radius 1 is 0.939 bits per heavy atom. The van der Waals surface area contributed by atoms with Gasteiger partial charge in [0.1, 0.15) is 11.6 Å². The number of anilines is 1. The van der Waals surface area contributed by atoms with Crippen molar-refractivity contribution in [3.05, 3.63) is 107 Å². The van der Waals surface area contributed by atoms with Gasteiger partial charge in [0.25, 0.3) is 11.7 Å². The Morgan fingerprint density at radius 3 is 2.18 bits per heavy atom. The van der Waals surface area contributed by atoms with Gasteiger partial charge >= 0.3 is 5.97 Å². The molecular weight excluding hydrogens is 425 g/mol. The molecule has 1 amide bonds. The standard InChI is InChI=1S/C26H20FNO5/c1-2-33-26(32)18-10-14-20(15-11-18)28-22(16-8-12-19(27)13-9-16)21(24(30)25(28)31)23(29)17-6-4-3-5-7-17/h3-15,22,29H,2H2,1H3/t22-/m1/s1. The Labute approximate surface area is 189 Å². The smallest absolute Gasteiger partial charge is 0.338 e. The quantitative estimate of drug-likeness (QED) is 0.268. The fraction of sp³-hybridized carbons (Fsp3) is 0.115. The molecule has 7 heteroatoms. The van der Waals surface area contributed by atoms with E-state index < -0.39 is 29.5 Å². The van der Waals surface area contributed by atoms with Crippen molar-refractivity contribution in [3.63, 3.8) is 0 Å². The summed E-state index contributed by atoms with van der Waals surface area (Å²) in [6, 6.07) is 18.8. The summed E-state index contributed by atoms with van der Waals surface area (Å²) in [5.41, 5.74) is 1.35. The minimum Gasteiger partial charge on any atom is -0.507 e. The number of ether oxygens (including phenoxy) is 1. The van der Waals surface area contributed by atoms with Crippen LogP contribution in [0.15, 0.2) is 84.4 Å². The van der Waals surface area contributed by atoms with E-state index in [9.17, 15) is 23.9 Å². The van der Waals surface area contributed by atoms with Crippen molar-refractivity contribution in [2.75, 3.05) is 11.5 Å². The molecule has 3 aromatic rings. The van der Waals surface area contributed by atoms with Crippen LogP contribution >= 0.6 is 0 Å². The lowest BCUT2D eigenvalue weighted by Crippen LogP contribution is -2.29. The summed E-state index contributed by atoms with van der Waals surface area (Å²) < 4.78 is 18.6. The first kappa shape index (κ1) is 22.0. The van der Waals surface area contributed by atoms with Crippen molar-refractivity contribution in [1.82, 2.24) is 0 Å². The highest BCUT2D eigenvalue weighted by Crippen LogP contribution is 2.42. The zero-order valence-corrected chi connectivity index (χ0v) is 17.7. The van der Waals surface area contributed by atoms with E-state index in [1.165, 1.54) is 53.4 Å². The Bertz CT molecular complexity index is 1230. The molecule has 1 atom stereocenters. The number of nitrogens with zero attached hydrogens (tertiary/aromatic N) is 1. The van der Waals surface area contributed by atoms with Crippen molar-refractivity contribution in [2.24, 2.45) is 0 Å². The van der Waals surface area contributed by atoms with E-state index >= 15 is 0 Å². The number of hydrogen-bond donors (Lipinski definition) is 1. The van der Waals surface area contributed by atoms with Crippen LogP contribution in [0, 0.1) is 5.82 Å². The number of Topliss-reactive ketones (excluding diaryl/α,β-unsaturated/α-hetero) is 1. The predicted molar refractivity (Wildman–Crippen MR) is 120 cm³/mol.